The van der Waals surface area contributed by atoms with Crippen molar-refractivity contribution in [1.29, 1.82) is 0 Å². The molecule has 0 bridgehead atoms. The van der Waals surface area contributed by atoms with Gasteiger partial charge in [-0.1, -0.05) is 24.9 Å². The molecule has 0 radical (unpaired) electrons. The first kappa shape index (κ1) is 10.6. The van der Waals surface area contributed by atoms with E-state index in [0.29, 0.717) is 0 Å². The molecular formula is C10H13NO3. The van der Waals surface area contributed by atoms with E-state index in [2.05, 4.69) is 11.1 Å². The van der Waals surface area contributed by atoms with Crippen molar-refractivity contribution in [2.24, 2.45) is 22.4 Å². The second-order valence-electron chi connectivity index (χ2n) is 3.90. The number of rotatable bonds is 4. The monoisotopic (exact) mass is 195 g/mol. The van der Waals surface area contributed by atoms with Gasteiger partial charge in [-0.3, -0.25) is 4.79 Å². The molecule has 1 aliphatic rings. The molecule has 4 heteroatoms. The van der Waals surface area contributed by atoms with Gasteiger partial charge in [0.1, 0.15) is 0 Å². The molecule has 1 rings (SSSR count). The van der Waals surface area contributed by atoms with E-state index in [0.717, 1.165) is 0 Å². The minimum Gasteiger partial charge on any atom is -0.481 e. The van der Waals surface area contributed by atoms with Crippen molar-refractivity contribution in [2.45, 2.75) is 13.8 Å². The van der Waals surface area contributed by atoms with E-state index in [-0.39, 0.29) is 23.9 Å². The Labute approximate surface area is 82.9 Å². The van der Waals surface area contributed by atoms with Crippen LogP contribution in [-0.4, -0.2) is 23.9 Å². The number of carbonyl (C=O) groups is 1. The van der Waals surface area contributed by atoms with Crippen molar-refractivity contribution in [3.8, 4) is 12.3 Å². The molecule has 0 heterocycles. The van der Waals surface area contributed by atoms with Crippen LogP contribution in [0.2, 0.25) is 0 Å². The van der Waals surface area contributed by atoms with Gasteiger partial charge in [0, 0.05) is 12.1 Å². The maximum atomic E-state index is 10.7. The van der Waals surface area contributed by atoms with Crippen molar-refractivity contribution in [3.63, 3.8) is 0 Å². The molecule has 0 unspecified atom stereocenters. The summed E-state index contributed by atoms with van der Waals surface area (Å²) >= 11 is 0. The van der Waals surface area contributed by atoms with Gasteiger partial charge in [0.25, 0.3) is 0 Å². The van der Waals surface area contributed by atoms with Crippen LogP contribution in [0.25, 0.3) is 0 Å². The Morgan fingerprint density at radius 1 is 1.79 bits per heavy atom. The predicted molar refractivity (Wildman–Crippen MR) is 51.7 cm³/mol. The van der Waals surface area contributed by atoms with Gasteiger partial charge in [-0.25, -0.2) is 0 Å². The summed E-state index contributed by atoms with van der Waals surface area (Å²) in [6, 6.07) is 0. The van der Waals surface area contributed by atoms with Crippen LogP contribution in [0.4, 0.5) is 0 Å². The summed E-state index contributed by atoms with van der Waals surface area (Å²) in [5.41, 5.74) is -0.227. The quantitative estimate of drug-likeness (QED) is 0.315. The minimum absolute atomic E-state index is 0.0576. The van der Waals surface area contributed by atoms with Crippen molar-refractivity contribution in [3.05, 3.63) is 0 Å². The third-order valence-corrected chi connectivity index (χ3v) is 2.62. The zero-order chi connectivity index (χ0) is 10.8. The van der Waals surface area contributed by atoms with E-state index in [4.69, 9.17) is 16.4 Å². The fraction of sp³-hybridized carbons (Fsp3) is 0.600. The molecule has 0 saturated heterocycles. The first-order valence-corrected chi connectivity index (χ1v) is 4.33. The fourth-order valence-electron chi connectivity index (χ4n) is 1.61. The lowest BCUT2D eigenvalue weighted by molar-refractivity contribution is -0.139. The van der Waals surface area contributed by atoms with Crippen LogP contribution in [0.5, 0.6) is 0 Å². The summed E-state index contributed by atoms with van der Waals surface area (Å²) in [4.78, 5) is 15.4. The molecule has 0 amide bonds. The van der Waals surface area contributed by atoms with E-state index in [1.807, 2.05) is 13.8 Å². The minimum atomic E-state index is -0.789. The van der Waals surface area contributed by atoms with E-state index >= 15 is 0 Å². The van der Waals surface area contributed by atoms with Gasteiger partial charge in [0.05, 0.1) is 5.92 Å². The lowest BCUT2D eigenvalue weighted by Gasteiger charge is -1.96. The number of carboxylic acids is 1. The van der Waals surface area contributed by atoms with Crippen LogP contribution in [0, 0.1) is 29.6 Å². The van der Waals surface area contributed by atoms with Crippen LogP contribution >= 0.6 is 0 Å². The van der Waals surface area contributed by atoms with E-state index in [9.17, 15) is 4.79 Å². The van der Waals surface area contributed by atoms with Crippen LogP contribution in [0.1, 0.15) is 13.8 Å². The standard InChI is InChI=1S/C10H13NO3/c1-4-5-14-11-6-7-8(9(12)13)10(7,2)3/h1,6-8H,5H2,2-3H3,(H,12,13)/t7-,8+/m1/s1. The van der Waals surface area contributed by atoms with Gasteiger partial charge in [-0.15, -0.1) is 6.42 Å². The van der Waals surface area contributed by atoms with E-state index in [1.54, 1.807) is 0 Å². The molecule has 2 atom stereocenters. The second kappa shape index (κ2) is 3.70. The number of hydrogen-bond donors (Lipinski definition) is 1. The third kappa shape index (κ3) is 1.87. The van der Waals surface area contributed by atoms with E-state index < -0.39 is 5.97 Å². The number of hydrogen-bond acceptors (Lipinski definition) is 3. The average molecular weight is 195 g/mol. The van der Waals surface area contributed by atoms with Gasteiger partial charge in [0.2, 0.25) is 0 Å². The zero-order valence-electron chi connectivity index (χ0n) is 8.23. The number of oxime groups is 1. The maximum absolute atomic E-state index is 10.7. The zero-order valence-corrected chi connectivity index (χ0v) is 8.23. The molecule has 0 aliphatic heterocycles. The highest BCUT2D eigenvalue weighted by Gasteiger charge is 2.61. The molecule has 0 aromatic rings. The summed E-state index contributed by atoms with van der Waals surface area (Å²) < 4.78 is 0. The lowest BCUT2D eigenvalue weighted by Crippen LogP contribution is -2.03. The van der Waals surface area contributed by atoms with Gasteiger partial charge < -0.3 is 9.94 Å². The largest absolute Gasteiger partial charge is 0.481 e. The maximum Gasteiger partial charge on any atom is 0.307 e. The molecule has 1 fully saturated rings. The van der Waals surface area contributed by atoms with Crippen molar-refractivity contribution < 1.29 is 14.7 Å². The first-order chi connectivity index (χ1) is 6.51. The highest BCUT2D eigenvalue weighted by molar-refractivity contribution is 5.84. The molecule has 0 aromatic heterocycles. The van der Waals surface area contributed by atoms with E-state index in [1.165, 1.54) is 6.21 Å². The molecule has 0 spiro atoms. The predicted octanol–water partition coefficient (Wildman–Crippen LogP) is 0.979. The Hall–Kier alpha value is -1.50. The van der Waals surface area contributed by atoms with Crippen molar-refractivity contribution in [1.82, 2.24) is 0 Å². The number of aliphatic carboxylic acids is 1. The molecule has 4 nitrogen and oxygen atoms in total. The summed E-state index contributed by atoms with van der Waals surface area (Å²) in [5, 5.41) is 12.4. The molecule has 1 N–H and O–H groups in total. The molecule has 76 valence electrons. The Bertz CT molecular complexity index is 301. The van der Waals surface area contributed by atoms with Crippen molar-refractivity contribution in [2.75, 3.05) is 6.61 Å². The Morgan fingerprint density at radius 2 is 2.43 bits per heavy atom. The lowest BCUT2D eigenvalue weighted by atomic mass is 10.1. The average Bonchev–Trinajstić information content (AvgIpc) is 2.62. The van der Waals surface area contributed by atoms with Gasteiger partial charge in [-0.2, -0.15) is 0 Å². The molecular weight excluding hydrogens is 182 g/mol. The highest BCUT2D eigenvalue weighted by Crippen LogP contribution is 2.57. The number of nitrogens with zero attached hydrogens (tertiary/aromatic N) is 1. The first-order valence-electron chi connectivity index (χ1n) is 4.33. The summed E-state index contributed by atoms with van der Waals surface area (Å²) in [6.45, 7) is 3.90. The Kier molecular flexibility index (Phi) is 2.80. The van der Waals surface area contributed by atoms with Crippen molar-refractivity contribution >= 4 is 12.2 Å². The summed E-state index contributed by atoms with van der Waals surface area (Å²) in [5.74, 6) is 1.06. The second-order valence-corrected chi connectivity index (χ2v) is 3.90. The van der Waals surface area contributed by atoms with Crippen LogP contribution < -0.4 is 0 Å². The topological polar surface area (TPSA) is 58.9 Å². The molecule has 1 saturated carbocycles. The van der Waals surface area contributed by atoms with Gasteiger partial charge in [0.15, 0.2) is 6.61 Å². The Balaban J connectivity index is 2.45. The number of carboxylic acid groups (broad SMARTS) is 1. The molecule has 0 aromatic carbocycles. The Morgan fingerprint density at radius 3 is 2.86 bits per heavy atom. The van der Waals surface area contributed by atoms with Crippen LogP contribution in [0.15, 0.2) is 5.16 Å². The van der Waals surface area contributed by atoms with Gasteiger partial charge >= 0.3 is 5.97 Å². The SMILES string of the molecule is C#CCON=C[C@@H]1[C@@H](C(=O)O)C1(C)C. The molecule has 1 aliphatic carbocycles. The molecule has 14 heavy (non-hydrogen) atoms. The smallest absolute Gasteiger partial charge is 0.307 e. The van der Waals surface area contributed by atoms with Crippen LogP contribution in [-0.2, 0) is 9.63 Å². The van der Waals surface area contributed by atoms with Gasteiger partial charge in [-0.05, 0) is 5.41 Å². The summed E-state index contributed by atoms with van der Waals surface area (Å²) in [6.07, 6.45) is 6.47. The highest BCUT2D eigenvalue weighted by atomic mass is 16.6. The third-order valence-electron chi connectivity index (χ3n) is 2.62. The normalized spacial score (nSPS) is 28.4. The number of terminal acetylenes is 1. The fourth-order valence-corrected chi connectivity index (χ4v) is 1.61. The van der Waals surface area contributed by atoms with Crippen LogP contribution in [0.3, 0.4) is 0 Å². The summed E-state index contributed by atoms with van der Waals surface area (Å²) in [7, 11) is 0.